The van der Waals surface area contributed by atoms with Crippen LogP contribution >= 0.6 is 0 Å². The van der Waals surface area contributed by atoms with Crippen molar-refractivity contribution in [3.63, 3.8) is 0 Å². The van der Waals surface area contributed by atoms with Crippen molar-refractivity contribution in [2.45, 2.75) is 72.6 Å². The zero-order valence-electron chi connectivity index (χ0n) is 13.5. The van der Waals surface area contributed by atoms with Crippen LogP contribution in [0.5, 0.6) is 5.75 Å². The van der Waals surface area contributed by atoms with E-state index in [1.54, 1.807) is 0 Å². The van der Waals surface area contributed by atoms with Crippen LogP contribution in [0, 0.1) is 12.8 Å². The van der Waals surface area contributed by atoms with E-state index in [9.17, 15) is 5.11 Å². The van der Waals surface area contributed by atoms with Gasteiger partial charge in [0.15, 0.2) is 0 Å². The normalized spacial score (nSPS) is 16.6. The second-order valence-corrected chi connectivity index (χ2v) is 5.93. The zero-order valence-corrected chi connectivity index (χ0v) is 13.5. The van der Waals surface area contributed by atoms with Crippen molar-refractivity contribution in [2.75, 3.05) is 0 Å². The number of aromatic hydroxyl groups is 1. The number of phenols is 1. The Morgan fingerprint density at radius 2 is 1.58 bits per heavy atom. The Bertz CT molecular complexity index is 402. The van der Waals surface area contributed by atoms with Gasteiger partial charge in [0.05, 0.1) is 0 Å². The zero-order chi connectivity index (χ0) is 14.6. The van der Waals surface area contributed by atoms with Crippen molar-refractivity contribution in [2.24, 2.45) is 5.92 Å². The number of rotatable bonds is 3. The third-order valence-corrected chi connectivity index (χ3v) is 4.28. The molecule has 1 saturated carbocycles. The lowest BCUT2D eigenvalue weighted by atomic mass is 9.73. The first-order valence-corrected chi connectivity index (χ1v) is 7.84. The Labute approximate surface area is 119 Å². The van der Waals surface area contributed by atoms with E-state index in [1.807, 2.05) is 13.8 Å². The molecule has 108 valence electrons. The number of hydrogen-bond donors (Lipinski definition) is 1. The fourth-order valence-electron chi connectivity index (χ4n) is 2.82. The lowest BCUT2D eigenvalue weighted by Crippen LogP contribution is -2.18. The van der Waals surface area contributed by atoms with Crippen molar-refractivity contribution in [3.8, 4) is 5.75 Å². The summed E-state index contributed by atoms with van der Waals surface area (Å²) in [5, 5.41) is 10.4. The van der Waals surface area contributed by atoms with Crippen LogP contribution in [0.1, 0.15) is 82.4 Å². The highest BCUT2D eigenvalue weighted by Crippen LogP contribution is 2.43. The Morgan fingerprint density at radius 1 is 1.05 bits per heavy atom. The van der Waals surface area contributed by atoms with Crippen LogP contribution < -0.4 is 0 Å². The molecule has 1 aliphatic rings. The van der Waals surface area contributed by atoms with Crippen molar-refractivity contribution >= 4 is 0 Å². The minimum Gasteiger partial charge on any atom is -0.507 e. The largest absolute Gasteiger partial charge is 0.507 e. The molecule has 0 heterocycles. The molecule has 2 rings (SSSR count). The molecule has 0 aliphatic heterocycles. The Hall–Kier alpha value is -0.980. The topological polar surface area (TPSA) is 20.2 Å². The molecule has 0 radical (unpaired) electrons. The van der Waals surface area contributed by atoms with Crippen LogP contribution in [-0.2, 0) is 0 Å². The van der Waals surface area contributed by atoms with Gasteiger partial charge < -0.3 is 5.11 Å². The number of benzene rings is 1. The average molecular weight is 262 g/mol. The van der Waals surface area contributed by atoms with Gasteiger partial charge in [-0.1, -0.05) is 58.7 Å². The average Bonchev–Trinajstić information content (AvgIpc) is 2.31. The Balaban J connectivity index is 0.000000861. The minimum atomic E-state index is 0.391. The van der Waals surface area contributed by atoms with Gasteiger partial charge in [0.1, 0.15) is 5.75 Å². The molecule has 1 aromatic carbocycles. The highest BCUT2D eigenvalue weighted by molar-refractivity contribution is 5.47. The van der Waals surface area contributed by atoms with Crippen LogP contribution in [0.4, 0.5) is 0 Å². The highest BCUT2D eigenvalue weighted by atomic mass is 16.3. The second-order valence-electron chi connectivity index (χ2n) is 5.93. The SMILES string of the molecule is CC.Cc1cc(C(C)C)c(O)c(C(C)C2CCC2)c1. The van der Waals surface area contributed by atoms with E-state index in [0.717, 1.165) is 11.5 Å². The first kappa shape index (κ1) is 16.1. The maximum atomic E-state index is 10.4. The van der Waals surface area contributed by atoms with Crippen LogP contribution in [0.25, 0.3) is 0 Å². The molecule has 0 amide bonds. The van der Waals surface area contributed by atoms with Gasteiger partial charge in [0.2, 0.25) is 0 Å². The summed E-state index contributed by atoms with van der Waals surface area (Å²) >= 11 is 0. The third kappa shape index (κ3) is 3.52. The van der Waals surface area contributed by atoms with Gasteiger partial charge in [-0.3, -0.25) is 0 Å². The van der Waals surface area contributed by atoms with E-state index in [4.69, 9.17) is 0 Å². The van der Waals surface area contributed by atoms with E-state index >= 15 is 0 Å². The standard InChI is InChI=1S/C16H24O.C2H6/c1-10(2)14-8-11(3)9-15(16(14)17)12(4)13-6-5-7-13;1-2/h8-10,12-13,17H,5-7H2,1-4H3;1-2H3. The number of hydrogen-bond acceptors (Lipinski definition) is 1. The molecule has 1 unspecified atom stereocenters. The monoisotopic (exact) mass is 262 g/mol. The molecule has 1 aliphatic carbocycles. The van der Waals surface area contributed by atoms with Crippen molar-refractivity contribution < 1.29 is 5.11 Å². The van der Waals surface area contributed by atoms with E-state index in [1.165, 1.54) is 30.4 Å². The summed E-state index contributed by atoms with van der Waals surface area (Å²) in [5.41, 5.74) is 3.54. The summed E-state index contributed by atoms with van der Waals surface area (Å²) in [5.74, 6) is 2.22. The predicted molar refractivity (Wildman–Crippen MR) is 84.0 cm³/mol. The fraction of sp³-hybridized carbons (Fsp3) is 0.667. The molecule has 1 atom stereocenters. The molecular weight excluding hydrogens is 232 g/mol. The lowest BCUT2D eigenvalue weighted by molar-refractivity contribution is 0.268. The summed E-state index contributed by atoms with van der Waals surface area (Å²) in [6.45, 7) is 12.7. The third-order valence-electron chi connectivity index (χ3n) is 4.28. The van der Waals surface area contributed by atoms with E-state index in [0.29, 0.717) is 17.6 Å². The molecule has 0 bridgehead atoms. The first-order chi connectivity index (χ1) is 9.00. The van der Waals surface area contributed by atoms with E-state index < -0.39 is 0 Å². The van der Waals surface area contributed by atoms with Crippen LogP contribution in [-0.4, -0.2) is 5.11 Å². The maximum absolute atomic E-state index is 10.4. The van der Waals surface area contributed by atoms with Crippen molar-refractivity contribution in [3.05, 3.63) is 28.8 Å². The van der Waals surface area contributed by atoms with Gasteiger partial charge in [-0.25, -0.2) is 0 Å². The molecular formula is C18H30O. The second kappa shape index (κ2) is 6.98. The fourth-order valence-corrected chi connectivity index (χ4v) is 2.82. The Morgan fingerprint density at radius 3 is 2.00 bits per heavy atom. The lowest BCUT2D eigenvalue weighted by Gasteiger charge is -2.32. The first-order valence-electron chi connectivity index (χ1n) is 7.84. The number of aryl methyl sites for hydroxylation is 1. The highest BCUT2D eigenvalue weighted by Gasteiger charge is 2.27. The Kier molecular flexibility index (Phi) is 5.90. The number of phenolic OH excluding ortho intramolecular Hbond substituents is 1. The molecule has 1 nitrogen and oxygen atoms in total. The van der Waals surface area contributed by atoms with Gasteiger partial charge in [0.25, 0.3) is 0 Å². The smallest absolute Gasteiger partial charge is 0.122 e. The van der Waals surface area contributed by atoms with Crippen LogP contribution in [0.15, 0.2) is 12.1 Å². The van der Waals surface area contributed by atoms with Gasteiger partial charge in [0, 0.05) is 0 Å². The summed E-state index contributed by atoms with van der Waals surface area (Å²) in [6.07, 6.45) is 4.01. The van der Waals surface area contributed by atoms with Gasteiger partial charge in [-0.15, -0.1) is 0 Å². The maximum Gasteiger partial charge on any atom is 0.122 e. The predicted octanol–water partition coefficient (Wildman–Crippen LogP) is 5.75. The van der Waals surface area contributed by atoms with Crippen LogP contribution in [0.3, 0.4) is 0 Å². The molecule has 1 N–H and O–H groups in total. The minimum absolute atomic E-state index is 0.391. The van der Waals surface area contributed by atoms with Crippen LogP contribution in [0.2, 0.25) is 0 Å². The molecule has 19 heavy (non-hydrogen) atoms. The summed E-state index contributed by atoms with van der Waals surface area (Å²) in [4.78, 5) is 0. The van der Waals surface area contributed by atoms with E-state index in [2.05, 4.69) is 39.8 Å². The van der Waals surface area contributed by atoms with Gasteiger partial charge in [-0.05, 0) is 48.6 Å². The van der Waals surface area contributed by atoms with Gasteiger partial charge in [-0.2, -0.15) is 0 Å². The molecule has 1 aromatic rings. The van der Waals surface area contributed by atoms with E-state index in [-0.39, 0.29) is 0 Å². The molecule has 0 saturated heterocycles. The molecule has 1 heteroatoms. The summed E-state index contributed by atoms with van der Waals surface area (Å²) < 4.78 is 0. The van der Waals surface area contributed by atoms with Crippen molar-refractivity contribution in [1.29, 1.82) is 0 Å². The summed E-state index contributed by atoms with van der Waals surface area (Å²) in [7, 11) is 0. The molecule has 1 fully saturated rings. The molecule has 0 spiro atoms. The molecule has 0 aromatic heterocycles. The van der Waals surface area contributed by atoms with Crippen molar-refractivity contribution in [1.82, 2.24) is 0 Å². The van der Waals surface area contributed by atoms with Gasteiger partial charge >= 0.3 is 0 Å². The quantitative estimate of drug-likeness (QED) is 0.735. The summed E-state index contributed by atoms with van der Waals surface area (Å²) in [6, 6.07) is 4.29.